The highest BCUT2D eigenvalue weighted by atomic mass is 19.4. The Morgan fingerprint density at radius 1 is 0.800 bits per heavy atom. The summed E-state index contributed by atoms with van der Waals surface area (Å²) >= 11 is 0. The lowest BCUT2D eigenvalue weighted by Gasteiger charge is -2.21. The molecule has 0 unspecified atom stereocenters. The van der Waals surface area contributed by atoms with E-state index in [9.17, 15) is 40.7 Å². The van der Waals surface area contributed by atoms with Crippen LogP contribution in [0.4, 0.5) is 26.3 Å². The topological polar surface area (TPSA) is 78.9 Å². The van der Waals surface area contributed by atoms with Crippen molar-refractivity contribution in [1.29, 1.82) is 0 Å². The van der Waals surface area contributed by atoms with Crippen LogP contribution in [0.3, 0.4) is 0 Å². The second-order valence-corrected chi connectivity index (χ2v) is 4.76. The first-order valence-electron chi connectivity index (χ1n) is 7.01. The molecule has 0 saturated carbocycles. The maximum absolute atomic E-state index is 12.1. The van der Waals surface area contributed by atoms with Gasteiger partial charge in [-0.1, -0.05) is 13.8 Å². The fraction of sp³-hybridized carbons (Fsp3) is 0.769. The minimum absolute atomic E-state index is 0.298. The zero-order valence-corrected chi connectivity index (χ0v) is 13.2. The summed E-state index contributed by atoms with van der Waals surface area (Å²) in [6.07, 6.45) is -11.9. The molecule has 0 aliphatic carbocycles. The number of alkyl halides is 6. The Morgan fingerprint density at radius 3 is 1.44 bits per heavy atom. The molecule has 0 aromatic heterocycles. The zero-order chi connectivity index (χ0) is 19.8. The van der Waals surface area contributed by atoms with E-state index in [1.807, 2.05) is 0 Å². The number of rotatable bonds is 8. The van der Waals surface area contributed by atoms with E-state index in [-0.39, 0.29) is 0 Å². The molecule has 0 N–H and O–H groups in total. The maximum atomic E-state index is 12.1. The Labute approximate surface area is 138 Å². The SMILES string of the molecule is CCC(CC)C(=O)OC(COC(=O)C(F)(F)F)COC(=O)C(F)(F)F. The minimum atomic E-state index is -5.34. The maximum Gasteiger partial charge on any atom is 0.490 e. The third-order valence-electron chi connectivity index (χ3n) is 2.87. The second-order valence-electron chi connectivity index (χ2n) is 4.76. The first-order valence-corrected chi connectivity index (χ1v) is 7.01. The van der Waals surface area contributed by atoms with Crippen molar-refractivity contribution in [2.45, 2.75) is 45.1 Å². The van der Waals surface area contributed by atoms with E-state index in [2.05, 4.69) is 9.47 Å². The summed E-state index contributed by atoms with van der Waals surface area (Å²) in [5.41, 5.74) is 0. The molecule has 146 valence electrons. The number of esters is 3. The Kier molecular flexibility index (Phi) is 8.71. The van der Waals surface area contributed by atoms with Crippen molar-refractivity contribution >= 4 is 17.9 Å². The molecule has 0 fully saturated rings. The van der Waals surface area contributed by atoms with Gasteiger partial charge in [0.05, 0.1) is 5.92 Å². The van der Waals surface area contributed by atoms with E-state index in [0.717, 1.165) is 0 Å². The van der Waals surface area contributed by atoms with E-state index in [4.69, 9.17) is 4.74 Å². The van der Waals surface area contributed by atoms with Gasteiger partial charge < -0.3 is 14.2 Å². The highest BCUT2D eigenvalue weighted by Crippen LogP contribution is 2.19. The van der Waals surface area contributed by atoms with E-state index >= 15 is 0 Å². The average molecular weight is 382 g/mol. The van der Waals surface area contributed by atoms with Crippen LogP contribution in [0.15, 0.2) is 0 Å². The number of carbonyl (C=O) groups excluding carboxylic acids is 3. The standard InChI is InChI=1S/C13H16F6O6/c1-3-7(4-2)9(20)25-8(5-23-10(21)12(14,15)16)6-24-11(22)13(17,18)19/h7-8H,3-6H2,1-2H3. The number of hydrogen-bond donors (Lipinski definition) is 0. The van der Waals surface area contributed by atoms with Crippen LogP contribution in [0.5, 0.6) is 0 Å². The van der Waals surface area contributed by atoms with Crippen LogP contribution in [0.25, 0.3) is 0 Å². The lowest BCUT2D eigenvalue weighted by atomic mass is 10.0. The van der Waals surface area contributed by atoms with E-state index in [1.165, 1.54) is 0 Å². The molecule has 0 aliphatic heterocycles. The lowest BCUT2D eigenvalue weighted by Crippen LogP contribution is -2.37. The quantitative estimate of drug-likeness (QED) is 0.365. The van der Waals surface area contributed by atoms with Gasteiger partial charge in [-0.25, -0.2) is 9.59 Å². The summed E-state index contributed by atoms with van der Waals surface area (Å²) in [5, 5.41) is 0. The Bertz CT molecular complexity index is 439. The number of halogens is 6. The van der Waals surface area contributed by atoms with Crippen molar-refractivity contribution in [3.05, 3.63) is 0 Å². The first kappa shape index (κ1) is 23.0. The molecule has 0 atom stereocenters. The lowest BCUT2D eigenvalue weighted by molar-refractivity contribution is -0.210. The van der Waals surface area contributed by atoms with Gasteiger partial charge in [0.15, 0.2) is 6.10 Å². The van der Waals surface area contributed by atoms with E-state index in [1.54, 1.807) is 13.8 Å². The third kappa shape index (κ3) is 8.59. The molecule has 0 rings (SSSR count). The van der Waals surface area contributed by atoms with Gasteiger partial charge in [0.2, 0.25) is 0 Å². The van der Waals surface area contributed by atoms with Gasteiger partial charge in [0, 0.05) is 0 Å². The summed E-state index contributed by atoms with van der Waals surface area (Å²) in [6.45, 7) is 0.764. The van der Waals surface area contributed by atoms with Crippen molar-refractivity contribution in [3.8, 4) is 0 Å². The number of hydrogen-bond acceptors (Lipinski definition) is 6. The molecule has 25 heavy (non-hydrogen) atoms. The largest absolute Gasteiger partial charge is 0.490 e. The predicted octanol–water partition coefficient (Wildman–Crippen LogP) is 2.55. The summed E-state index contributed by atoms with van der Waals surface area (Å²) < 4.78 is 84.7. The molecule has 6 nitrogen and oxygen atoms in total. The number of carbonyl (C=O) groups is 3. The fourth-order valence-electron chi connectivity index (χ4n) is 1.50. The zero-order valence-electron chi connectivity index (χ0n) is 13.2. The minimum Gasteiger partial charge on any atom is -0.455 e. The van der Waals surface area contributed by atoms with Crippen molar-refractivity contribution in [1.82, 2.24) is 0 Å². The van der Waals surface area contributed by atoms with Crippen LogP contribution in [-0.2, 0) is 28.6 Å². The molecule has 0 heterocycles. The van der Waals surface area contributed by atoms with Gasteiger partial charge >= 0.3 is 30.3 Å². The molecule has 0 bridgehead atoms. The van der Waals surface area contributed by atoms with Gasteiger partial charge in [0.1, 0.15) is 13.2 Å². The van der Waals surface area contributed by atoms with E-state index < -0.39 is 55.5 Å². The smallest absolute Gasteiger partial charge is 0.455 e. The highest BCUT2D eigenvalue weighted by molar-refractivity contribution is 5.76. The van der Waals surface area contributed by atoms with Gasteiger partial charge in [0.25, 0.3) is 0 Å². The van der Waals surface area contributed by atoms with Crippen LogP contribution < -0.4 is 0 Å². The summed E-state index contributed by atoms with van der Waals surface area (Å²) in [6, 6.07) is 0. The van der Waals surface area contributed by atoms with Gasteiger partial charge in [-0.05, 0) is 12.8 Å². The molecule has 12 heteroatoms. The number of ether oxygens (including phenoxy) is 3. The molecule has 0 aromatic rings. The van der Waals surface area contributed by atoms with Gasteiger partial charge in [-0.3, -0.25) is 4.79 Å². The predicted molar refractivity (Wildman–Crippen MR) is 68.0 cm³/mol. The summed E-state index contributed by atoms with van der Waals surface area (Å²) in [7, 11) is 0. The molecule has 0 amide bonds. The van der Waals surface area contributed by atoms with Crippen LogP contribution in [0, 0.1) is 5.92 Å². The summed E-state index contributed by atoms with van der Waals surface area (Å²) in [5.74, 6) is -6.85. The average Bonchev–Trinajstić information content (AvgIpc) is 2.48. The van der Waals surface area contributed by atoms with Gasteiger partial charge in [-0.2, -0.15) is 26.3 Å². The molecule has 0 aromatic carbocycles. The fourth-order valence-corrected chi connectivity index (χ4v) is 1.50. The first-order chi connectivity index (χ1) is 11.3. The van der Waals surface area contributed by atoms with Crippen molar-refractivity contribution in [2.75, 3.05) is 13.2 Å². The van der Waals surface area contributed by atoms with Crippen molar-refractivity contribution in [2.24, 2.45) is 5.92 Å². The van der Waals surface area contributed by atoms with Crippen molar-refractivity contribution < 1.29 is 54.9 Å². The monoisotopic (exact) mass is 382 g/mol. The van der Waals surface area contributed by atoms with Crippen LogP contribution in [0.1, 0.15) is 26.7 Å². The Balaban J connectivity index is 4.90. The molecule has 0 spiro atoms. The van der Waals surface area contributed by atoms with E-state index in [0.29, 0.717) is 12.8 Å². The van der Waals surface area contributed by atoms with Crippen LogP contribution in [-0.4, -0.2) is 49.6 Å². The molecular weight excluding hydrogens is 366 g/mol. The normalized spacial score (nSPS) is 12.2. The van der Waals surface area contributed by atoms with Crippen LogP contribution >= 0.6 is 0 Å². The van der Waals surface area contributed by atoms with Crippen LogP contribution in [0.2, 0.25) is 0 Å². The van der Waals surface area contributed by atoms with Gasteiger partial charge in [-0.15, -0.1) is 0 Å². The Morgan fingerprint density at radius 2 is 1.16 bits per heavy atom. The highest BCUT2D eigenvalue weighted by Gasteiger charge is 2.43. The molecule has 0 radical (unpaired) electrons. The van der Waals surface area contributed by atoms with Crippen molar-refractivity contribution in [3.63, 3.8) is 0 Å². The molecule has 0 aliphatic rings. The second kappa shape index (κ2) is 9.47. The molecule has 0 saturated heterocycles. The Hall–Kier alpha value is -2.01. The third-order valence-corrected chi connectivity index (χ3v) is 2.87. The summed E-state index contributed by atoms with van der Waals surface area (Å²) in [4.78, 5) is 33.0. The molecular formula is C13H16F6O6.